The molecular formula is C22H27N5O2. The maximum absolute atomic E-state index is 12.8. The standard InChI is InChI=1S/C22H27N5O2/c1-3-19-15-25(10-9-21(28)26(19)13-17-7-5-4-6-8-17)14-18-12-22(29)27-20(23-18)11-16(2)24-27/h4-8,11-12,19,24H,3,9-10,13-15H2,1-2H3/t19-/m1/s1. The van der Waals surface area contributed by atoms with Crippen LogP contribution in [-0.2, 0) is 17.9 Å². The maximum Gasteiger partial charge on any atom is 0.272 e. The van der Waals surface area contributed by atoms with Gasteiger partial charge in [0.15, 0.2) is 5.65 Å². The van der Waals surface area contributed by atoms with Crippen molar-refractivity contribution in [2.24, 2.45) is 0 Å². The second-order valence-electron chi connectivity index (χ2n) is 7.77. The highest BCUT2D eigenvalue weighted by Gasteiger charge is 2.28. The number of hydrogen-bond donors (Lipinski definition) is 1. The van der Waals surface area contributed by atoms with E-state index in [0.29, 0.717) is 31.7 Å². The van der Waals surface area contributed by atoms with Crippen molar-refractivity contribution in [1.29, 1.82) is 0 Å². The fourth-order valence-electron chi connectivity index (χ4n) is 4.05. The molecule has 1 fully saturated rings. The molecule has 4 rings (SSSR count). The van der Waals surface area contributed by atoms with Crippen molar-refractivity contribution in [2.75, 3.05) is 13.1 Å². The van der Waals surface area contributed by atoms with E-state index in [4.69, 9.17) is 0 Å². The van der Waals surface area contributed by atoms with Gasteiger partial charge in [0.1, 0.15) is 0 Å². The number of aryl methyl sites for hydroxylation is 1. The molecule has 0 bridgehead atoms. The average Bonchev–Trinajstić information content (AvgIpc) is 3.03. The van der Waals surface area contributed by atoms with Crippen molar-refractivity contribution in [3.63, 3.8) is 0 Å². The number of amides is 1. The number of fused-ring (bicyclic) bond motifs is 1. The van der Waals surface area contributed by atoms with Gasteiger partial charge in [0.05, 0.1) is 5.69 Å². The summed E-state index contributed by atoms with van der Waals surface area (Å²) in [4.78, 5) is 34.1. The summed E-state index contributed by atoms with van der Waals surface area (Å²) in [5, 5.41) is 3.00. The molecule has 1 amide bonds. The number of benzene rings is 1. The Kier molecular flexibility index (Phi) is 5.49. The number of rotatable bonds is 5. The van der Waals surface area contributed by atoms with E-state index < -0.39 is 0 Å². The van der Waals surface area contributed by atoms with Gasteiger partial charge in [0.25, 0.3) is 5.56 Å². The molecule has 2 aromatic heterocycles. The molecule has 0 radical (unpaired) electrons. The highest BCUT2D eigenvalue weighted by molar-refractivity contribution is 5.77. The SMILES string of the molecule is CC[C@@H]1CN(Cc2cc(=O)n3[nH]c(C)cc3n2)CCC(=O)N1Cc1ccccc1. The molecule has 7 heteroatoms. The number of aromatic amines is 1. The first kappa shape index (κ1) is 19.4. The summed E-state index contributed by atoms with van der Waals surface area (Å²) < 4.78 is 1.46. The van der Waals surface area contributed by atoms with Crippen LogP contribution in [0.15, 0.2) is 47.3 Å². The molecule has 3 aromatic rings. The maximum atomic E-state index is 12.8. The summed E-state index contributed by atoms with van der Waals surface area (Å²) in [5.74, 6) is 0.188. The Balaban J connectivity index is 1.52. The number of carbonyl (C=O) groups is 1. The number of carbonyl (C=O) groups excluding carboxylic acids is 1. The lowest BCUT2D eigenvalue weighted by atomic mass is 10.1. The zero-order valence-electron chi connectivity index (χ0n) is 17.0. The second-order valence-corrected chi connectivity index (χ2v) is 7.77. The van der Waals surface area contributed by atoms with Crippen molar-refractivity contribution in [3.8, 4) is 0 Å². The van der Waals surface area contributed by atoms with Gasteiger partial charge in [0.2, 0.25) is 5.91 Å². The zero-order chi connectivity index (χ0) is 20.4. The molecule has 1 saturated heterocycles. The summed E-state index contributed by atoms with van der Waals surface area (Å²) in [6.45, 7) is 6.69. The predicted molar refractivity (Wildman–Crippen MR) is 112 cm³/mol. The monoisotopic (exact) mass is 393 g/mol. The van der Waals surface area contributed by atoms with Gasteiger partial charge in [-0.1, -0.05) is 37.3 Å². The van der Waals surface area contributed by atoms with Gasteiger partial charge in [-0.2, -0.15) is 0 Å². The molecule has 1 aliphatic rings. The lowest BCUT2D eigenvalue weighted by Crippen LogP contribution is -2.42. The number of nitrogens with zero attached hydrogens (tertiary/aromatic N) is 4. The second kappa shape index (κ2) is 8.21. The minimum absolute atomic E-state index is 0.109. The van der Waals surface area contributed by atoms with Gasteiger partial charge in [-0.3, -0.25) is 19.6 Å². The summed E-state index contributed by atoms with van der Waals surface area (Å²) >= 11 is 0. The van der Waals surface area contributed by atoms with Crippen molar-refractivity contribution < 1.29 is 4.79 Å². The van der Waals surface area contributed by atoms with Crippen LogP contribution in [0.5, 0.6) is 0 Å². The molecule has 152 valence electrons. The Bertz CT molecular complexity index is 1060. The zero-order valence-corrected chi connectivity index (χ0v) is 17.0. The average molecular weight is 393 g/mol. The Morgan fingerprint density at radius 1 is 1.14 bits per heavy atom. The van der Waals surface area contributed by atoms with Crippen LogP contribution in [0.4, 0.5) is 0 Å². The highest BCUT2D eigenvalue weighted by atomic mass is 16.2. The number of H-pyrrole nitrogens is 1. The topological polar surface area (TPSA) is 73.7 Å². The number of nitrogens with one attached hydrogen (secondary N) is 1. The Morgan fingerprint density at radius 2 is 1.93 bits per heavy atom. The first-order chi connectivity index (χ1) is 14.0. The Hall–Kier alpha value is -2.93. The van der Waals surface area contributed by atoms with Crippen LogP contribution >= 0.6 is 0 Å². The lowest BCUT2D eigenvalue weighted by molar-refractivity contribution is -0.133. The third-order valence-corrected chi connectivity index (χ3v) is 5.56. The fourth-order valence-corrected chi connectivity index (χ4v) is 4.05. The van der Waals surface area contributed by atoms with Gasteiger partial charge in [-0.05, 0) is 18.9 Å². The van der Waals surface area contributed by atoms with E-state index in [0.717, 1.165) is 29.9 Å². The molecule has 0 unspecified atom stereocenters. The minimum Gasteiger partial charge on any atom is -0.334 e. The minimum atomic E-state index is -0.109. The van der Waals surface area contributed by atoms with Gasteiger partial charge < -0.3 is 4.90 Å². The van der Waals surface area contributed by atoms with E-state index in [-0.39, 0.29) is 17.5 Å². The van der Waals surface area contributed by atoms with Crippen molar-refractivity contribution in [3.05, 3.63) is 69.8 Å². The van der Waals surface area contributed by atoms with Crippen molar-refractivity contribution in [2.45, 2.75) is 45.8 Å². The molecule has 1 aliphatic heterocycles. The molecule has 1 aromatic carbocycles. The number of aromatic nitrogens is 3. The van der Waals surface area contributed by atoms with E-state index in [2.05, 4.69) is 34.0 Å². The summed E-state index contributed by atoms with van der Waals surface area (Å²) in [5.41, 5.74) is 3.31. The van der Waals surface area contributed by atoms with Crippen LogP contribution in [0.1, 0.15) is 36.7 Å². The fraction of sp³-hybridized carbons (Fsp3) is 0.409. The van der Waals surface area contributed by atoms with Crippen LogP contribution < -0.4 is 5.56 Å². The molecule has 0 aliphatic carbocycles. The summed E-state index contributed by atoms with van der Waals surface area (Å²) in [7, 11) is 0. The first-order valence-electron chi connectivity index (χ1n) is 10.2. The molecule has 1 atom stereocenters. The van der Waals surface area contributed by atoms with Gasteiger partial charge in [0, 0.05) is 56.5 Å². The molecule has 0 saturated carbocycles. The van der Waals surface area contributed by atoms with Gasteiger partial charge in [-0.25, -0.2) is 9.50 Å². The summed E-state index contributed by atoms with van der Waals surface area (Å²) in [6.07, 6.45) is 1.37. The van der Waals surface area contributed by atoms with E-state index in [9.17, 15) is 9.59 Å². The Labute approximate surface area is 170 Å². The molecule has 29 heavy (non-hydrogen) atoms. The van der Waals surface area contributed by atoms with Crippen LogP contribution in [-0.4, -0.2) is 49.4 Å². The third kappa shape index (κ3) is 4.24. The third-order valence-electron chi connectivity index (χ3n) is 5.56. The van der Waals surface area contributed by atoms with Crippen molar-refractivity contribution in [1.82, 2.24) is 24.4 Å². The molecule has 1 N–H and O–H groups in total. The van der Waals surface area contributed by atoms with Crippen LogP contribution in [0.2, 0.25) is 0 Å². The molecule has 3 heterocycles. The first-order valence-corrected chi connectivity index (χ1v) is 10.2. The smallest absolute Gasteiger partial charge is 0.272 e. The van der Waals surface area contributed by atoms with Gasteiger partial charge >= 0.3 is 0 Å². The van der Waals surface area contributed by atoms with E-state index >= 15 is 0 Å². The van der Waals surface area contributed by atoms with Gasteiger partial charge in [-0.15, -0.1) is 0 Å². The highest BCUT2D eigenvalue weighted by Crippen LogP contribution is 2.19. The quantitative estimate of drug-likeness (QED) is 0.722. The van der Waals surface area contributed by atoms with Crippen LogP contribution in [0.3, 0.4) is 0 Å². The van der Waals surface area contributed by atoms with Crippen molar-refractivity contribution >= 4 is 11.6 Å². The largest absolute Gasteiger partial charge is 0.334 e. The van der Waals surface area contributed by atoms with Crippen LogP contribution in [0.25, 0.3) is 5.65 Å². The van der Waals surface area contributed by atoms with E-state index in [1.807, 2.05) is 36.1 Å². The molecule has 7 nitrogen and oxygen atoms in total. The normalized spacial score (nSPS) is 18.3. The lowest BCUT2D eigenvalue weighted by Gasteiger charge is -2.31. The predicted octanol–water partition coefficient (Wildman–Crippen LogP) is 2.34. The summed E-state index contributed by atoms with van der Waals surface area (Å²) in [6, 6.07) is 13.7. The van der Waals surface area contributed by atoms with E-state index in [1.165, 1.54) is 4.52 Å². The van der Waals surface area contributed by atoms with Crippen LogP contribution in [0, 0.1) is 6.92 Å². The molecule has 0 spiro atoms. The molecular weight excluding hydrogens is 366 g/mol. The van der Waals surface area contributed by atoms with E-state index in [1.54, 1.807) is 6.07 Å². The Morgan fingerprint density at radius 3 is 2.69 bits per heavy atom. The number of hydrogen-bond acceptors (Lipinski definition) is 4.